The van der Waals surface area contributed by atoms with Crippen molar-refractivity contribution >= 4 is 16.9 Å². The molecule has 5 heteroatoms. The second kappa shape index (κ2) is 6.72. The Labute approximate surface area is 136 Å². The Bertz CT molecular complexity index is 700. The largest absolute Gasteiger partial charge is 0.478 e. The maximum Gasteiger partial charge on any atom is 0.337 e. The zero-order chi connectivity index (χ0) is 16.4. The predicted molar refractivity (Wildman–Crippen MR) is 92.3 cm³/mol. The highest BCUT2D eigenvalue weighted by atomic mass is 16.4. The fourth-order valence-corrected chi connectivity index (χ4v) is 3.38. The van der Waals surface area contributed by atoms with E-state index in [2.05, 4.69) is 34.8 Å². The molecule has 0 spiro atoms. The average Bonchev–Trinajstić information content (AvgIpc) is 2.93. The number of piperazine rings is 1. The van der Waals surface area contributed by atoms with Gasteiger partial charge in [0.15, 0.2) is 0 Å². The van der Waals surface area contributed by atoms with Gasteiger partial charge in [0.05, 0.1) is 11.1 Å². The Kier molecular flexibility index (Phi) is 4.68. The molecule has 3 rings (SSSR count). The molecule has 1 fully saturated rings. The molecule has 2 N–H and O–H groups in total. The molecule has 124 valence electrons. The van der Waals surface area contributed by atoms with Gasteiger partial charge in [0.25, 0.3) is 0 Å². The third kappa shape index (κ3) is 3.26. The van der Waals surface area contributed by atoms with Crippen LogP contribution in [0.1, 0.15) is 35.8 Å². The van der Waals surface area contributed by atoms with Gasteiger partial charge < -0.3 is 19.9 Å². The van der Waals surface area contributed by atoms with E-state index in [1.54, 1.807) is 6.07 Å². The van der Waals surface area contributed by atoms with Gasteiger partial charge in [-0.05, 0) is 31.9 Å². The first-order chi connectivity index (χ1) is 11.1. The first kappa shape index (κ1) is 16.0. The molecule has 0 aliphatic carbocycles. The lowest BCUT2D eigenvalue weighted by atomic mass is 10.1. The number of aromatic carboxylic acids is 1. The number of fused-ring (bicyclic) bond motifs is 1. The second-order valence-electron chi connectivity index (χ2n) is 6.50. The van der Waals surface area contributed by atoms with Crippen LogP contribution in [-0.4, -0.2) is 53.3 Å². The number of carbonyl (C=O) groups is 1. The topological polar surface area (TPSA) is 57.5 Å². The normalized spacial score (nSPS) is 16.3. The Balaban J connectivity index is 1.94. The van der Waals surface area contributed by atoms with Crippen molar-refractivity contribution in [3.05, 3.63) is 35.5 Å². The Morgan fingerprint density at radius 1 is 1.30 bits per heavy atom. The Morgan fingerprint density at radius 3 is 2.70 bits per heavy atom. The van der Waals surface area contributed by atoms with Gasteiger partial charge in [-0.3, -0.25) is 0 Å². The molecule has 1 aliphatic rings. The molecular weight excluding hydrogens is 290 g/mol. The third-order valence-electron chi connectivity index (χ3n) is 4.63. The second-order valence-corrected chi connectivity index (χ2v) is 6.50. The predicted octanol–water partition coefficient (Wildman–Crippen LogP) is 2.37. The maximum absolute atomic E-state index is 11.6. The lowest BCUT2D eigenvalue weighted by molar-refractivity contribution is 0.0698. The summed E-state index contributed by atoms with van der Waals surface area (Å²) in [6.45, 7) is 9.49. The van der Waals surface area contributed by atoms with Gasteiger partial charge >= 0.3 is 5.97 Å². The number of hydrogen-bond donors (Lipinski definition) is 2. The van der Waals surface area contributed by atoms with Crippen LogP contribution in [0.3, 0.4) is 0 Å². The van der Waals surface area contributed by atoms with E-state index in [9.17, 15) is 9.90 Å². The van der Waals surface area contributed by atoms with E-state index in [4.69, 9.17) is 0 Å². The Hall–Kier alpha value is -1.85. The number of hydrogen-bond acceptors (Lipinski definition) is 3. The van der Waals surface area contributed by atoms with Gasteiger partial charge in [0.1, 0.15) is 0 Å². The van der Waals surface area contributed by atoms with Crippen LogP contribution < -0.4 is 5.32 Å². The Morgan fingerprint density at radius 2 is 2.04 bits per heavy atom. The van der Waals surface area contributed by atoms with Crippen LogP contribution in [-0.2, 0) is 6.42 Å². The van der Waals surface area contributed by atoms with Gasteiger partial charge in [-0.25, -0.2) is 4.79 Å². The summed E-state index contributed by atoms with van der Waals surface area (Å²) < 4.78 is 2.10. The number of nitrogens with one attached hydrogen (secondary N) is 1. The van der Waals surface area contributed by atoms with Crippen molar-refractivity contribution in [3.63, 3.8) is 0 Å². The zero-order valence-corrected chi connectivity index (χ0v) is 13.9. The van der Waals surface area contributed by atoms with Crippen LogP contribution >= 0.6 is 0 Å². The molecule has 5 nitrogen and oxygen atoms in total. The summed E-state index contributed by atoms with van der Waals surface area (Å²) in [5, 5.41) is 14.0. The summed E-state index contributed by atoms with van der Waals surface area (Å²) in [7, 11) is 0. The van der Waals surface area contributed by atoms with E-state index in [1.165, 1.54) is 5.56 Å². The van der Waals surface area contributed by atoms with Crippen molar-refractivity contribution in [3.8, 4) is 0 Å². The van der Waals surface area contributed by atoms with Crippen molar-refractivity contribution < 1.29 is 9.90 Å². The molecule has 2 heterocycles. The fraction of sp³-hybridized carbons (Fsp3) is 0.500. The molecule has 0 saturated carbocycles. The summed E-state index contributed by atoms with van der Waals surface area (Å²) in [4.78, 5) is 14.0. The number of rotatable bonds is 5. The quantitative estimate of drug-likeness (QED) is 0.889. The highest BCUT2D eigenvalue weighted by Crippen LogP contribution is 2.28. The molecule has 23 heavy (non-hydrogen) atoms. The van der Waals surface area contributed by atoms with E-state index in [1.807, 2.05) is 12.1 Å². The maximum atomic E-state index is 11.6. The van der Waals surface area contributed by atoms with E-state index in [0.717, 1.165) is 50.0 Å². The molecule has 1 saturated heterocycles. The van der Waals surface area contributed by atoms with Gasteiger partial charge in [-0.15, -0.1) is 0 Å². The SMILES string of the molecule is CC(C)n1cc(CCN2CCNCC2)c2cccc(C(=O)O)c21. The molecule has 0 radical (unpaired) electrons. The van der Waals surface area contributed by atoms with Crippen molar-refractivity contribution in [2.75, 3.05) is 32.7 Å². The lowest BCUT2D eigenvalue weighted by Crippen LogP contribution is -2.44. The van der Waals surface area contributed by atoms with Crippen molar-refractivity contribution in [1.29, 1.82) is 0 Å². The molecule has 1 aliphatic heterocycles. The average molecular weight is 315 g/mol. The zero-order valence-electron chi connectivity index (χ0n) is 13.9. The number of carboxylic acids is 1. The van der Waals surface area contributed by atoms with E-state index in [0.29, 0.717) is 5.56 Å². The van der Waals surface area contributed by atoms with E-state index >= 15 is 0 Å². The molecule has 2 aromatic rings. The van der Waals surface area contributed by atoms with Gasteiger partial charge in [0.2, 0.25) is 0 Å². The van der Waals surface area contributed by atoms with Gasteiger partial charge in [-0.2, -0.15) is 0 Å². The minimum Gasteiger partial charge on any atom is -0.478 e. The molecule has 0 amide bonds. The van der Waals surface area contributed by atoms with Gasteiger partial charge in [-0.1, -0.05) is 12.1 Å². The molecule has 1 aromatic heterocycles. The first-order valence-electron chi connectivity index (χ1n) is 8.36. The number of carboxylic acid groups (broad SMARTS) is 1. The highest BCUT2D eigenvalue weighted by Gasteiger charge is 2.18. The van der Waals surface area contributed by atoms with Crippen LogP contribution in [0.25, 0.3) is 10.9 Å². The molecular formula is C18H25N3O2. The summed E-state index contributed by atoms with van der Waals surface area (Å²) in [5.74, 6) is -0.857. The third-order valence-corrected chi connectivity index (χ3v) is 4.63. The summed E-state index contributed by atoms with van der Waals surface area (Å²) in [6.07, 6.45) is 3.10. The number of nitrogens with zero attached hydrogens (tertiary/aromatic N) is 2. The van der Waals surface area contributed by atoms with E-state index in [-0.39, 0.29) is 6.04 Å². The van der Waals surface area contributed by atoms with Crippen molar-refractivity contribution in [2.24, 2.45) is 0 Å². The lowest BCUT2D eigenvalue weighted by Gasteiger charge is -2.26. The number of benzene rings is 1. The monoisotopic (exact) mass is 315 g/mol. The molecule has 1 aromatic carbocycles. The summed E-state index contributed by atoms with van der Waals surface area (Å²) in [6, 6.07) is 5.84. The van der Waals surface area contributed by atoms with Crippen molar-refractivity contribution in [2.45, 2.75) is 26.3 Å². The van der Waals surface area contributed by atoms with Gasteiger partial charge in [0, 0.05) is 50.3 Å². The van der Waals surface area contributed by atoms with Crippen LogP contribution in [0, 0.1) is 0 Å². The molecule has 0 atom stereocenters. The standard InChI is InChI=1S/C18H25N3O2/c1-13(2)21-12-14(6-9-20-10-7-19-8-11-20)15-4-3-5-16(17(15)21)18(22)23/h3-5,12-13,19H,6-11H2,1-2H3,(H,22,23). The minimum absolute atomic E-state index is 0.242. The smallest absolute Gasteiger partial charge is 0.337 e. The minimum atomic E-state index is -0.857. The number of aromatic nitrogens is 1. The first-order valence-corrected chi connectivity index (χ1v) is 8.36. The fourth-order valence-electron chi connectivity index (χ4n) is 3.38. The van der Waals surface area contributed by atoms with Crippen molar-refractivity contribution in [1.82, 2.24) is 14.8 Å². The van der Waals surface area contributed by atoms with Crippen LogP contribution in [0.15, 0.2) is 24.4 Å². The summed E-state index contributed by atoms with van der Waals surface area (Å²) in [5.41, 5.74) is 2.49. The highest BCUT2D eigenvalue weighted by molar-refractivity contribution is 6.03. The number of para-hydroxylation sites is 1. The van der Waals surface area contributed by atoms with Crippen LogP contribution in [0.5, 0.6) is 0 Å². The summed E-state index contributed by atoms with van der Waals surface area (Å²) >= 11 is 0. The van der Waals surface area contributed by atoms with Crippen LogP contribution in [0.4, 0.5) is 0 Å². The molecule has 0 unspecified atom stereocenters. The van der Waals surface area contributed by atoms with Crippen LogP contribution in [0.2, 0.25) is 0 Å². The van der Waals surface area contributed by atoms with E-state index < -0.39 is 5.97 Å². The molecule has 0 bridgehead atoms.